The number of hydrogen-bond donors (Lipinski definition) is 0. The minimum absolute atomic E-state index is 0.00485. The smallest absolute Gasteiger partial charge is 0.261 e. The van der Waals surface area contributed by atoms with Crippen LogP contribution in [-0.2, 0) is 6.54 Å². The fraction of sp³-hybridized carbons (Fsp3) is 0.500. The first-order valence-electron chi connectivity index (χ1n) is 7.66. The van der Waals surface area contributed by atoms with Crippen LogP contribution in [0.3, 0.4) is 0 Å². The standard InChI is InChI=1S/C16H17Cl2N3O/c1-20-5-2-3-9-14(20)4-6-21-15(9)19-13-8-12(18)11(17)7-10(13)16(21)22/h7-9,14H,2-6H2,1H3/t9-,14+/m0/s1. The van der Waals surface area contributed by atoms with Crippen molar-refractivity contribution in [2.45, 2.75) is 37.8 Å². The molecule has 0 amide bonds. The summed E-state index contributed by atoms with van der Waals surface area (Å²) < 4.78 is 1.84. The number of likely N-dealkylation sites (tertiary alicyclic amines) is 1. The summed E-state index contributed by atoms with van der Waals surface area (Å²) in [4.78, 5) is 20.0. The number of benzene rings is 1. The Labute approximate surface area is 138 Å². The average Bonchev–Trinajstić information content (AvgIpc) is 2.50. The first-order chi connectivity index (χ1) is 10.6. The molecule has 3 heterocycles. The maximum atomic E-state index is 12.8. The molecule has 2 aliphatic heterocycles. The van der Waals surface area contributed by atoms with Gasteiger partial charge in [0.15, 0.2) is 0 Å². The molecule has 1 fully saturated rings. The predicted octanol–water partition coefficient (Wildman–Crippen LogP) is 3.28. The van der Waals surface area contributed by atoms with E-state index in [1.165, 1.54) is 0 Å². The second kappa shape index (κ2) is 5.22. The summed E-state index contributed by atoms with van der Waals surface area (Å²) >= 11 is 12.2. The zero-order valence-corrected chi connectivity index (χ0v) is 13.9. The zero-order valence-electron chi connectivity index (χ0n) is 12.4. The lowest BCUT2D eigenvalue weighted by Crippen LogP contribution is -2.47. The number of halogens is 2. The third kappa shape index (κ3) is 2.08. The van der Waals surface area contributed by atoms with E-state index in [-0.39, 0.29) is 5.56 Å². The van der Waals surface area contributed by atoms with Gasteiger partial charge in [0.05, 0.1) is 20.9 Å². The Hall–Kier alpha value is -1.10. The van der Waals surface area contributed by atoms with Crippen molar-refractivity contribution in [2.75, 3.05) is 13.6 Å². The molecule has 2 aliphatic rings. The predicted molar refractivity (Wildman–Crippen MR) is 89.0 cm³/mol. The largest absolute Gasteiger partial charge is 0.303 e. The van der Waals surface area contributed by atoms with Crippen LogP contribution < -0.4 is 5.56 Å². The van der Waals surface area contributed by atoms with Gasteiger partial charge in [0.2, 0.25) is 0 Å². The van der Waals surface area contributed by atoms with Crippen molar-refractivity contribution < 1.29 is 0 Å². The van der Waals surface area contributed by atoms with E-state index in [1.54, 1.807) is 12.1 Å². The van der Waals surface area contributed by atoms with Crippen LogP contribution in [0, 0.1) is 0 Å². The molecule has 0 bridgehead atoms. The summed E-state index contributed by atoms with van der Waals surface area (Å²) in [5, 5.41) is 1.40. The topological polar surface area (TPSA) is 38.1 Å². The maximum absolute atomic E-state index is 12.8. The van der Waals surface area contributed by atoms with Crippen LogP contribution in [0.1, 0.15) is 31.0 Å². The highest BCUT2D eigenvalue weighted by atomic mass is 35.5. The number of hydrogen-bond acceptors (Lipinski definition) is 3. The molecule has 0 N–H and O–H groups in total. The highest BCUT2D eigenvalue weighted by Crippen LogP contribution is 2.36. The lowest BCUT2D eigenvalue weighted by atomic mass is 9.84. The molecule has 4 nitrogen and oxygen atoms in total. The van der Waals surface area contributed by atoms with Gasteiger partial charge in [-0.15, -0.1) is 0 Å². The zero-order chi connectivity index (χ0) is 15.4. The van der Waals surface area contributed by atoms with Gasteiger partial charge in [0, 0.05) is 18.5 Å². The molecule has 1 aromatic heterocycles. The van der Waals surface area contributed by atoms with Crippen LogP contribution in [0.15, 0.2) is 16.9 Å². The van der Waals surface area contributed by atoms with Crippen LogP contribution in [0.2, 0.25) is 10.0 Å². The van der Waals surface area contributed by atoms with Crippen molar-refractivity contribution in [3.63, 3.8) is 0 Å². The third-order valence-electron chi connectivity index (χ3n) is 5.06. The molecular formula is C16H17Cl2N3O. The Morgan fingerprint density at radius 2 is 1.95 bits per heavy atom. The number of nitrogens with zero attached hydrogens (tertiary/aromatic N) is 3. The van der Waals surface area contributed by atoms with E-state index in [9.17, 15) is 4.79 Å². The summed E-state index contributed by atoms with van der Waals surface area (Å²) in [7, 11) is 2.17. The molecule has 1 saturated heterocycles. The molecule has 0 saturated carbocycles. The van der Waals surface area contributed by atoms with Gasteiger partial charge in [-0.25, -0.2) is 4.98 Å². The number of rotatable bonds is 0. The van der Waals surface area contributed by atoms with Crippen LogP contribution in [0.4, 0.5) is 0 Å². The highest BCUT2D eigenvalue weighted by molar-refractivity contribution is 6.42. The highest BCUT2D eigenvalue weighted by Gasteiger charge is 2.36. The van der Waals surface area contributed by atoms with E-state index in [4.69, 9.17) is 28.2 Å². The van der Waals surface area contributed by atoms with Gasteiger partial charge in [-0.05, 0) is 45.0 Å². The first-order valence-corrected chi connectivity index (χ1v) is 8.41. The van der Waals surface area contributed by atoms with Gasteiger partial charge < -0.3 is 4.90 Å². The van der Waals surface area contributed by atoms with E-state index >= 15 is 0 Å². The van der Waals surface area contributed by atoms with Gasteiger partial charge in [-0.2, -0.15) is 0 Å². The van der Waals surface area contributed by atoms with Crippen LogP contribution >= 0.6 is 23.2 Å². The molecule has 2 aromatic rings. The van der Waals surface area contributed by atoms with Crippen molar-refractivity contribution in [1.29, 1.82) is 0 Å². The molecule has 116 valence electrons. The summed E-state index contributed by atoms with van der Waals surface area (Å²) in [6, 6.07) is 3.83. The molecule has 0 unspecified atom stereocenters. The minimum Gasteiger partial charge on any atom is -0.303 e. The molecule has 0 radical (unpaired) electrons. The Kier molecular flexibility index (Phi) is 3.44. The molecule has 2 atom stereocenters. The van der Waals surface area contributed by atoms with Gasteiger partial charge in [0.1, 0.15) is 5.82 Å². The van der Waals surface area contributed by atoms with Crippen molar-refractivity contribution in [3.8, 4) is 0 Å². The van der Waals surface area contributed by atoms with Crippen LogP contribution in [0.25, 0.3) is 10.9 Å². The Morgan fingerprint density at radius 3 is 2.77 bits per heavy atom. The summed E-state index contributed by atoms with van der Waals surface area (Å²) in [5.41, 5.74) is 0.657. The SMILES string of the molecule is CN1CCC[C@@H]2c3nc4cc(Cl)c(Cl)cc4c(=O)n3CC[C@H]21. The van der Waals surface area contributed by atoms with E-state index < -0.39 is 0 Å². The van der Waals surface area contributed by atoms with E-state index in [2.05, 4.69) is 11.9 Å². The minimum atomic E-state index is 0.00485. The Balaban J connectivity index is 1.95. The Morgan fingerprint density at radius 1 is 1.18 bits per heavy atom. The lowest BCUT2D eigenvalue weighted by molar-refractivity contribution is 0.123. The van der Waals surface area contributed by atoms with E-state index in [0.717, 1.165) is 38.2 Å². The second-order valence-corrected chi connectivity index (χ2v) is 7.11. The van der Waals surface area contributed by atoms with Gasteiger partial charge in [-0.3, -0.25) is 9.36 Å². The van der Waals surface area contributed by atoms with Gasteiger partial charge in [-0.1, -0.05) is 23.2 Å². The number of aromatic nitrogens is 2. The molecule has 0 spiro atoms. The number of fused-ring (bicyclic) bond motifs is 4. The third-order valence-corrected chi connectivity index (χ3v) is 5.78. The quantitative estimate of drug-likeness (QED) is 0.740. The molecule has 22 heavy (non-hydrogen) atoms. The van der Waals surface area contributed by atoms with Crippen LogP contribution in [0.5, 0.6) is 0 Å². The molecule has 1 aromatic carbocycles. The molecule has 0 aliphatic carbocycles. The maximum Gasteiger partial charge on any atom is 0.261 e. The Bertz CT molecular complexity index is 817. The molecule has 4 rings (SSSR count). The first kappa shape index (κ1) is 14.5. The van der Waals surface area contributed by atoms with Crippen LogP contribution in [-0.4, -0.2) is 34.1 Å². The monoisotopic (exact) mass is 337 g/mol. The van der Waals surface area contributed by atoms with E-state index in [1.807, 2.05) is 4.57 Å². The fourth-order valence-corrected chi connectivity index (χ4v) is 4.26. The second-order valence-electron chi connectivity index (χ2n) is 6.30. The molecule has 6 heteroatoms. The summed E-state index contributed by atoms with van der Waals surface area (Å²) in [5.74, 6) is 1.25. The lowest BCUT2D eigenvalue weighted by Gasteiger charge is -2.42. The van der Waals surface area contributed by atoms with Crippen molar-refractivity contribution in [2.24, 2.45) is 0 Å². The van der Waals surface area contributed by atoms with Crippen molar-refractivity contribution >= 4 is 34.1 Å². The summed E-state index contributed by atoms with van der Waals surface area (Å²) in [6.45, 7) is 1.85. The molecular weight excluding hydrogens is 321 g/mol. The van der Waals surface area contributed by atoms with Gasteiger partial charge >= 0.3 is 0 Å². The number of likely N-dealkylation sites (N-methyl/N-ethyl adjacent to an activating group) is 1. The average molecular weight is 338 g/mol. The number of piperidine rings is 1. The fourth-order valence-electron chi connectivity index (χ4n) is 3.94. The summed E-state index contributed by atoms with van der Waals surface area (Å²) in [6.07, 6.45) is 3.24. The van der Waals surface area contributed by atoms with E-state index in [0.29, 0.717) is 32.9 Å². The normalized spacial score (nSPS) is 25.0. The van der Waals surface area contributed by atoms with Crippen molar-refractivity contribution in [3.05, 3.63) is 38.4 Å². The van der Waals surface area contributed by atoms with Gasteiger partial charge in [0.25, 0.3) is 5.56 Å². The van der Waals surface area contributed by atoms with Crippen molar-refractivity contribution in [1.82, 2.24) is 14.5 Å².